The molecule has 0 spiro atoms. The fourth-order valence-electron chi connectivity index (χ4n) is 9.19. The van der Waals surface area contributed by atoms with Crippen LogP contribution in [0.3, 0.4) is 0 Å². The molecule has 2 aromatic heterocycles. The summed E-state index contributed by atoms with van der Waals surface area (Å²) in [7, 11) is 0. The Morgan fingerprint density at radius 1 is 0.404 bits per heavy atom. The first kappa shape index (κ1) is 32.4. The van der Waals surface area contributed by atoms with Crippen molar-refractivity contribution in [1.82, 2.24) is 9.97 Å². The maximum atomic E-state index is 5.00. The molecule has 0 atom stereocenters. The maximum Gasteiger partial charge on any atom is 0.0714 e. The number of benzene rings is 5. The number of pyridine rings is 2. The van der Waals surface area contributed by atoms with Gasteiger partial charge in [-0.2, -0.15) is 0 Å². The summed E-state index contributed by atoms with van der Waals surface area (Å²) in [4.78, 5) is 15.1. The lowest BCUT2D eigenvalue weighted by atomic mass is 9.72. The number of fused-ring (bicyclic) bond motifs is 4. The van der Waals surface area contributed by atoms with E-state index in [4.69, 9.17) is 9.97 Å². The Labute approximate surface area is 307 Å². The van der Waals surface area contributed by atoms with Crippen LogP contribution in [-0.2, 0) is 10.8 Å². The van der Waals surface area contributed by atoms with Gasteiger partial charge in [0.15, 0.2) is 0 Å². The van der Waals surface area contributed by atoms with Crippen molar-refractivity contribution in [3.8, 4) is 22.5 Å². The monoisotopic (exact) mass is 678 g/mol. The molecular formula is C48H46N4. The van der Waals surface area contributed by atoms with Gasteiger partial charge in [0.1, 0.15) is 0 Å². The Morgan fingerprint density at radius 3 is 1.17 bits per heavy atom. The molecule has 4 heteroatoms. The summed E-state index contributed by atoms with van der Waals surface area (Å²) >= 11 is 0. The van der Waals surface area contributed by atoms with Gasteiger partial charge >= 0.3 is 0 Å². The molecule has 0 radical (unpaired) electrons. The summed E-state index contributed by atoms with van der Waals surface area (Å²) in [6.45, 7) is 19.0. The maximum absolute atomic E-state index is 5.00. The lowest BCUT2D eigenvalue weighted by Crippen LogP contribution is -2.48. The van der Waals surface area contributed by atoms with Crippen LogP contribution in [0.4, 0.5) is 22.7 Å². The summed E-state index contributed by atoms with van der Waals surface area (Å²) in [6.07, 6.45) is 3.82. The molecule has 0 N–H and O–H groups in total. The van der Waals surface area contributed by atoms with Gasteiger partial charge in [0.2, 0.25) is 0 Å². The zero-order chi connectivity index (χ0) is 36.2. The molecule has 258 valence electrons. The largest absolute Gasteiger partial charge is 0.335 e. The first-order valence-corrected chi connectivity index (χ1v) is 18.5. The fraction of sp³-hybridized carbons (Fsp3) is 0.250. The van der Waals surface area contributed by atoms with Crippen molar-refractivity contribution >= 4 is 44.3 Å². The molecule has 0 unspecified atom stereocenters. The molecule has 0 aliphatic carbocycles. The molecule has 2 aliphatic heterocycles. The van der Waals surface area contributed by atoms with Crippen LogP contribution in [0.1, 0.15) is 66.5 Å². The molecule has 9 rings (SSSR count). The van der Waals surface area contributed by atoms with Crippen molar-refractivity contribution < 1.29 is 0 Å². The van der Waals surface area contributed by atoms with E-state index >= 15 is 0 Å². The zero-order valence-corrected chi connectivity index (χ0v) is 31.5. The molecule has 0 saturated carbocycles. The average Bonchev–Trinajstić information content (AvgIpc) is 3.41. The predicted octanol–water partition coefficient (Wildman–Crippen LogP) is 12.5. The van der Waals surface area contributed by atoms with Crippen LogP contribution in [-0.4, -0.2) is 21.0 Å². The minimum absolute atomic E-state index is 0.0577. The average molecular weight is 679 g/mol. The van der Waals surface area contributed by atoms with E-state index in [9.17, 15) is 0 Å². The van der Waals surface area contributed by atoms with Crippen LogP contribution in [0, 0.1) is 0 Å². The second kappa shape index (κ2) is 11.0. The van der Waals surface area contributed by atoms with E-state index in [0.29, 0.717) is 0 Å². The molecule has 7 aromatic rings. The van der Waals surface area contributed by atoms with Crippen LogP contribution in [0.2, 0.25) is 0 Å². The van der Waals surface area contributed by atoms with Gasteiger partial charge in [-0.05, 0) is 121 Å². The number of aromatic nitrogens is 2. The number of hydrogen-bond acceptors (Lipinski definition) is 4. The molecule has 0 fully saturated rings. The normalized spacial score (nSPS) is 17.8. The Kier molecular flexibility index (Phi) is 6.87. The summed E-state index contributed by atoms with van der Waals surface area (Å²) in [5, 5.41) is 4.67. The number of rotatable bonds is 4. The van der Waals surface area contributed by atoms with Crippen molar-refractivity contribution in [2.45, 2.75) is 77.3 Å². The number of anilines is 4. The molecule has 4 heterocycles. The second-order valence-corrected chi connectivity index (χ2v) is 16.7. The molecule has 0 saturated heterocycles. The first-order valence-electron chi connectivity index (χ1n) is 18.5. The van der Waals surface area contributed by atoms with Crippen LogP contribution in [0.15, 0.2) is 134 Å². The topological polar surface area (TPSA) is 32.3 Å². The molecule has 2 aliphatic rings. The van der Waals surface area contributed by atoms with Gasteiger partial charge in [-0.15, -0.1) is 0 Å². The van der Waals surface area contributed by atoms with Crippen LogP contribution < -0.4 is 9.80 Å². The number of hydrogen-bond donors (Lipinski definition) is 0. The standard InChI is InChI=1S/C48H46N4/c1-45(2)37-17-9-11-21-41(37)51(47(45,5)6)31-23-25-33-35(29-31)43(39-19-13-15-27-49-39)34-26-24-32(30-36(34)44(33)40-20-14-16-28-50-40)52-42-22-12-10-18-38(42)46(3,4)48(52,7)8/h9-30H,1-8H3. The number of nitrogens with zero attached hydrogens (tertiary/aromatic N) is 4. The van der Waals surface area contributed by atoms with Gasteiger partial charge < -0.3 is 9.80 Å². The highest BCUT2D eigenvalue weighted by Crippen LogP contribution is 2.57. The summed E-state index contributed by atoms with van der Waals surface area (Å²) in [5.41, 5.74) is 11.4. The number of para-hydroxylation sites is 2. The second-order valence-electron chi connectivity index (χ2n) is 16.7. The van der Waals surface area contributed by atoms with Crippen molar-refractivity contribution in [1.29, 1.82) is 0 Å². The van der Waals surface area contributed by atoms with Crippen LogP contribution in [0.25, 0.3) is 44.1 Å². The first-order chi connectivity index (χ1) is 24.9. The van der Waals surface area contributed by atoms with Gasteiger partial charge in [-0.25, -0.2) is 0 Å². The van der Waals surface area contributed by atoms with Crippen LogP contribution in [0.5, 0.6) is 0 Å². The van der Waals surface area contributed by atoms with E-state index in [0.717, 1.165) is 22.5 Å². The van der Waals surface area contributed by atoms with Crippen LogP contribution >= 0.6 is 0 Å². The van der Waals surface area contributed by atoms with Crippen molar-refractivity contribution in [3.05, 3.63) is 145 Å². The van der Waals surface area contributed by atoms with Gasteiger partial charge in [0, 0.05) is 68.2 Å². The fourth-order valence-corrected chi connectivity index (χ4v) is 9.19. The van der Waals surface area contributed by atoms with E-state index in [2.05, 4.69) is 174 Å². The molecule has 52 heavy (non-hydrogen) atoms. The quantitative estimate of drug-likeness (QED) is 0.173. The minimum Gasteiger partial charge on any atom is -0.335 e. The lowest BCUT2D eigenvalue weighted by Gasteiger charge is -2.43. The van der Waals surface area contributed by atoms with E-state index in [1.807, 2.05) is 24.5 Å². The highest BCUT2D eigenvalue weighted by atomic mass is 15.2. The van der Waals surface area contributed by atoms with Gasteiger partial charge in [-0.1, -0.05) is 88.4 Å². The highest BCUT2D eigenvalue weighted by molar-refractivity contribution is 6.22. The molecule has 4 nitrogen and oxygen atoms in total. The Bertz CT molecular complexity index is 2350. The van der Waals surface area contributed by atoms with E-state index in [-0.39, 0.29) is 21.9 Å². The van der Waals surface area contributed by atoms with Crippen molar-refractivity contribution in [2.75, 3.05) is 9.80 Å². The Balaban J connectivity index is 1.37. The van der Waals surface area contributed by atoms with E-state index in [1.165, 1.54) is 55.4 Å². The molecule has 0 bridgehead atoms. The smallest absolute Gasteiger partial charge is 0.0714 e. The van der Waals surface area contributed by atoms with E-state index in [1.54, 1.807) is 0 Å². The van der Waals surface area contributed by atoms with Crippen molar-refractivity contribution in [3.63, 3.8) is 0 Å². The van der Waals surface area contributed by atoms with Gasteiger partial charge in [0.25, 0.3) is 0 Å². The summed E-state index contributed by atoms with van der Waals surface area (Å²) < 4.78 is 0. The third-order valence-corrected chi connectivity index (χ3v) is 13.3. The van der Waals surface area contributed by atoms with Gasteiger partial charge in [0.05, 0.1) is 11.4 Å². The predicted molar refractivity (Wildman–Crippen MR) is 219 cm³/mol. The molecule has 5 aromatic carbocycles. The third kappa shape index (κ3) is 4.27. The zero-order valence-electron chi connectivity index (χ0n) is 31.5. The molecule has 0 amide bonds. The van der Waals surface area contributed by atoms with Crippen molar-refractivity contribution in [2.24, 2.45) is 0 Å². The Morgan fingerprint density at radius 2 is 0.788 bits per heavy atom. The SMILES string of the molecule is CC1(C)c2ccccc2N(c2ccc3c(-c4ccccn4)c4cc(N5c6ccccc6C(C)(C)C5(C)C)ccc4c(-c4ccccn4)c3c2)C1(C)C. The lowest BCUT2D eigenvalue weighted by molar-refractivity contribution is 0.330. The third-order valence-electron chi connectivity index (χ3n) is 13.3. The van der Waals surface area contributed by atoms with Gasteiger partial charge in [-0.3, -0.25) is 9.97 Å². The molecular weight excluding hydrogens is 633 g/mol. The minimum atomic E-state index is -0.169. The summed E-state index contributed by atoms with van der Waals surface area (Å²) in [6, 6.07) is 44.4. The Hall–Kier alpha value is -5.48. The summed E-state index contributed by atoms with van der Waals surface area (Å²) in [5.74, 6) is 0. The highest BCUT2D eigenvalue weighted by Gasteiger charge is 2.52. The van der Waals surface area contributed by atoms with E-state index < -0.39 is 0 Å².